The molecule has 0 spiro atoms. The topological polar surface area (TPSA) is 55.8 Å². The zero-order chi connectivity index (χ0) is 19.2. The number of likely N-dealkylation sites (tertiary alicyclic amines) is 1. The molecule has 1 saturated heterocycles. The minimum Gasteiger partial charge on any atom is -0.497 e. The van der Waals surface area contributed by atoms with Gasteiger partial charge in [-0.3, -0.25) is 4.79 Å². The van der Waals surface area contributed by atoms with Crippen LogP contribution in [0.1, 0.15) is 51.5 Å². The summed E-state index contributed by atoms with van der Waals surface area (Å²) in [5, 5.41) is 0. The molecule has 1 atom stereocenters. The van der Waals surface area contributed by atoms with Crippen molar-refractivity contribution in [2.45, 2.75) is 25.2 Å². The van der Waals surface area contributed by atoms with Gasteiger partial charge in [0, 0.05) is 24.6 Å². The highest BCUT2D eigenvalue weighted by molar-refractivity contribution is 5.96. The average molecular weight is 367 g/mol. The number of hydrogen-bond acceptors (Lipinski definition) is 4. The predicted octanol–water partition coefficient (Wildman–Crippen LogP) is 3.89. The van der Waals surface area contributed by atoms with E-state index in [1.807, 2.05) is 17.0 Å². The first-order valence-electron chi connectivity index (χ1n) is 9.24. The molecule has 27 heavy (non-hydrogen) atoms. The van der Waals surface area contributed by atoms with E-state index in [-0.39, 0.29) is 5.91 Å². The second kappa shape index (κ2) is 8.71. The van der Waals surface area contributed by atoms with Gasteiger partial charge < -0.3 is 14.4 Å². The molecule has 0 aromatic heterocycles. The van der Waals surface area contributed by atoms with E-state index in [9.17, 15) is 9.59 Å². The number of amides is 1. The number of carbonyl (C=O) groups excluding carboxylic acids is 2. The van der Waals surface area contributed by atoms with Crippen LogP contribution < -0.4 is 4.74 Å². The molecule has 3 rings (SSSR count). The third-order valence-corrected chi connectivity index (χ3v) is 5.10. The zero-order valence-corrected chi connectivity index (χ0v) is 15.8. The Bertz CT molecular complexity index is 783. The van der Waals surface area contributed by atoms with Gasteiger partial charge in [-0.05, 0) is 54.8 Å². The van der Waals surface area contributed by atoms with E-state index in [4.69, 9.17) is 9.47 Å². The molecule has 2 aromatic carbocycles. The Hall–Kier alpha value is -2.82. The molecule has 1 aliphatic heterocycles. The first kappa shape index (κ1) is 19.0. The van der Waals surface area contributed by atoms with Gasteiger partial charge in [-0.15, -0.1) is 0 Å². The van der Waals surface area contributed by atoms with Crippen LogP contribution in [0.15, 0.2) is 48.5 Å². The Morgan fingerprint density at radius 3 is 2.22 bits per heavy atom. The summed E-state index contributed by atoms with van der Waals surface area (Å²) in [6, 6.07) is 14.8. The first-order chi connectivity index (χ1) is 13.1. The number of rotatable bonds is 4. The fraction of sp³-hybridized carbons (Fsp3) is 0.364. The number of esters is 1. The third kappa shape index (κ3) is 4.48. The molecule has 1 unspecified atom stereocenters. The van der Waals surface area contributed by atoms with Gasteiger partial charge in [0.2, 0.25) is 0 Å². The van der Waals surface area contributed by atoms with Crippen LogP contribution in [0.2, 0.25) is 0 Å². The van der Waals surface area contributed by atoms with E-state index in [1.165, 1.54) is 12.7 Å². The lowest BCUT2D eigenvalue weighted by Crippen LogP contribution is -2.34. The molecule has 0 bridgehead atoms. The largest absolute Gasteiger partial charge is 0.497 e. The molecule has 1 fully saturated rings. The summed E-state index contributed by atoms with van der Waals surface area (Å²) in [5.74, 6) is 0.762. The van der Waals surface area contributed by atoms with E-state index >= 15 is 0 Å². The molecule has 5 heteroatoms. The van der Waals surface area contributed by atoms with E-state index in [1.54, 1.807) is 31.4 Å². The van der Waals surface area contributed by atoms with E-state index in [0.29, 0.717) is 23.6 Å². The minimum absolute atomic E-state index is 0.00632. The average Bonchev–Trinajstić information content (AvgIpc) is 2.99. The van der Waals surface area contributed by atoms with Crippen LogP contribution in [0.25, 0.3) is 0 Å². The lowest BCUT2D eigenvalue weighted by molar-refractivity contribution is 0.0599. The Labute approximate surface area is 159 Å². The van der Waals surface area contributed by atoms with Crippen molar-refractivity contribution in [3.05, 3.63) is 65.2 Å². The number of benzene rings is 2. The normalized spacial score (nSPS) is 17.1. The molecule has 1 aliphatic rings. The summed E-state index contributed by atoms with van der Waals surface area (Å²) in [7, 11) is 3.00. The lowest BCUT2D eigenvalue weighted by Gasteiger charge is -2.25. The molecule has 142 valence electrons. The number of ether oxygens (including phenoxy) is 2. The van der Waals surface area contributed by atoms with Crippen LogP contribution in [0.4, 0.5) is 0 Å². The lowest BCUT2D eigenvalue weighted by atomic mass is 9.94. The predicted molar refractivity (Wildman–Crippen MR) is 103 cm³/mol. The fourth-order valence-electron chi connectivity index (χ4n) is 3.52. The van der Waals surface area contributed by atoms with Crippen LogP contribution >= 0.6 is 0 Å². The highest BCUT2D eigenvalue weighted by Gasteiger charge is 2.24. The van der Waals surface area contributed by atoms with Crippen molar-refractivity contribution >= 4 is 11.9 Å². The highest BCUT2D eigenvalue weighted by atomic mass is 16.5. The van der Waals surface area contributed by atoms with Gasteiger partial charge in [0.1, 0.15) is 5.75 Å². The van der Waals surface area contributed by atoms with Gasteiger partial charge in [-0.25, -0.2) is 4.79 Å². The molecule has 0 radical (unpaired) electrons. The van der Waals surface area contributed by atoms with Gasteiger partial charge in [0.05, 0.1) is 19.8 Å². The van der Waals surface area contributed by atoms with Crippen molar-refractivity contribution in [2.24, 2.45) is 0 Å². The standard InChI is InChI=1S/C22H25NO4/c1-26-20-12-10-16(11-13-20)19-5-3-4-14-23(15-19)21(24)17-6-8-18(9-7-17)22(25)27-2/h6-13,19H,3-5,14-15H2,1-2H3. The number of nitrogens with zero attached hydrogens (tertiary/aromatic N) is 1. The van der Waals surface area contributed by atoms with E-state index in [2.05, 4.69) is 12.1 Å². The zero-order valence-electron chi connectivity index (χ0n) is 15.8. The fourth-order valence-corrected chi connectivity index (χ4v) is 3.52. The van der Waals surface area contributed by atoms with Gasteiger partial charge in [0.15, 0.2) is 0 Å². The van der Waals surface area contributed by atoms with Gasteiger partial charge in [0.25, 0.3) is 5.91 Å². The monoisotopic (exact) mass is 367 g/mol. The van der Waals surface area contributed by atoms with Gasteiger partial charge >= 0.3 is 5.97 Å². The quantitative estimate of drug-likeness (QED) is 0.769. The second-order valence-corrected chi connectivity index (χ2v) is 6.79. The first-order valence-corrected chi connectivity index (χ1v) is 9.24. The maximum absolute atomic E-state index is 13.0. The third-order valence-electron chi connectivity index (χ3n) is 5.10. The number of hydrogen-bond donors (Lipinski definition) is 0. The van der Waals surface area contributed by atoms with Crippen molar-refractivity contribution in [2.75, 3.05) is 27.3 Å². The molecular weight excluding hydrogens is 342 g/mol. The van der Waals surface area contributed by atoms with Crippen molar-refractivity contribution in [1.82, 2.24) is 4.90 Å². The summed E-state index contributed by atoms with van der Waals surface area (Å²) in [6.07, 6.45) is 3.16. The van der Waals surface area contributed by atoms with Crippen LogP contribution in [0, 0.1) is 0 Å². The maximum Gasteiger partial charge on any atom is 0.337 e. The minimum atomic E-state index is -0.400. The summed E-state index contributed by atoms with van der Waals surface area (Å²) in [4.78, 5) is 26.5. The SMILES string of the molecule is COC(=O)c1ccc(C(=O)N2CCCCC(c3ccc(OC)cc3)C2)cc1. The maximum atomic E-state index is 13.0. The van der Waals surface area contributed by atoms with Gasteiger partial charge in [-0.1, -0.05) is 18.6 Å². The van der Waals surface area contributed by atoms with Crippen LogP contribution in [0.5, 0.6) is 5.75 Å². The summed E-state index contributed by atoms with van der Waals surface area (Å²) in [6.45, 7) is 1.45. The van der Waals surface area contributed by atoms with Crippen molar-refractivity contribution < 1.29 is 19.1 Å². The van der Waals surface area contributed by atoms with Crippen molar-refractivity contribution in [3.8, 4) is 5.75 Å². The Morgan fingerprint density at radius 1 is 0.926 bits per heavy atom. The molecule has 0 aliphatic carbocycles. The molecule has 2 aromatic rings. The molecular formula is C22H25NO4. The molecule has 5 nitrogen and oxygen atoms in total. The second-order valence-electron chi connectivity index (χ2n) is 6.79. The summed E-state index contributed by atoms with van der Waals surface area (Å²) in [5.41, 5.74) is 2.27. The summed E-state index contributed by atoms with van der Waals surface area (Å²) >= 11 is 0. The number of methoxy groups -OCH3 is 2. The van der Waals surface area contributed by atoms with Gasteiger partial charge in [-0.2, -0.15) is 0 Å². The Balaban J connectivity index is 1.74. The number of carbonyl (C=O) groups is 2. The molecule has 0 N–H and O–H groups in total. The molecule has 1 heterocycles. The smallest absolute Gasteiger partial charge is 0.337 e. The summed E-state index contributed by atoms with van der Waals surface area (Å²) < 4.78 is 9.94. The van der Waals surface area contributed by atoms with Crippen LogP contribution in [0.3, 0.4) is 0 Å². The van der Waals surface area contributed by atoms with Crippen molar-refractivity contribution in [3.63, 3.8) is 0 Å². The Morgan fingerprint density at radius 2 is 1.59 bits per heavy atom. The van der Waals surface area contributed by atoms with Crippen molar-refractivity contribution in [1.29, 1.82) is 0 Å². The van der Waals surface area contributed by atoms with Crippen LogP contribution in [-0.4, -0.2) is 44.1 Å². The highest BCUT2D eigenvalue weighted by Crippen LogP contribution is 2.28. The van der Waals surface area contributed by atoms with Crippen LogP contribution in [-0.2, 0) is 4.74 Å². The van der Waals surface area contributed by atoms with E-state index in [0.717, 1.165) is 31.6 Å². The Kier molecular flexibility index (Phi) is 6.12. The molecule has 1 amide bonds. The molecule has 0 saturated carbocycles. The van der Waals surface area contributed by atoms with E-state index < -0.39 is 5.97 Å².